The number of carbonyl (C=O) groups is 8. The molecular weight excluding hydrogens is 1220 g/mol. The second-order valence-electron chi connectivity index (χ2n) is 24.8. The van der Waals surface area contributed by atoms with Crippen molar-refractivity contribution in [3.05, 3.63) is 119 Å². The second-order valence-corrected chi connectivity index (χ2v) is 24.8. The van der Waals surface area contributed by atoms with E-state index in [1.54, 1.807) is 77.4 Å². The van der Waals surface area contributed by atoms with E-state index in [0.29, 0.717) is 26.2 Å². The zero-order valence-electron chi connectivity index (χ0n) is 57.1. The molecule has 2 aliphatic rings. The Morgan fingerprint density at radius 3 is 1.09 bits per heavy atom. The van der Waals surface area contributed by atoms with Crippen molar-refractivity contribution in [2.75, 3.05) is 160 Å². The molecule has 7 amide bonds. The number of likely N-dealkylation sites (N-methyl/N-ethyl adjacent to an activating group) is 4. The van der Waals surface area contributed by atoms with Crippen molar-refractivity contribution in [1.29, 1.82) is 0 Å². The van der Waals surface area contributed by atoms with Gasteiger partial charge in [-0.1, -0.05) is 97.1 Å². The summed E-state index contributed by atoms with van der Waals surface area (Å²) in [7, 11) is 6.71. The average Bonchev–Trinajstić information content (AvgIpc) is 1.63. The van der Waals surface area contributed by atoms with Gasteiger partial charge in [0.15, 0.2) is 0 Å². The molecule has 0 radical (unpaired) electrons. The minimum atomic E-state index is -0.919. The maximum absolute atomic E-state index is 13.2. The van der Waals surface area contributed by atoms with Crippen LogP contribution in [0, 0.1) is 0 Å². The van der Waals surface area contributed by atoms with Gasteiger partial charge < -0.3 is 83.5 Å². The predicted octanol–water partition coefficient (Wildman–Crippen LogP) is 7.83. The average molecular weight is 1330 g/mol. The molecule has 4 aromatic carbocycles. The van der Waals surface area contributed by atoms with Crippen LogP contribution in [0.25, 0.3) is 22.3 Å². The highest BCUT2D eigenvalue weighted by Gasteiger charge is 2.31. The van der Waals surface area contributed by atoms with E-state index in [1.807, 2.05) is 55.6 Å². The number of benzene rings is 4. The summed E-state index contributed by atoms with van der Waals surface area (Å²) in [6.45, 7) is 16.1. The van der Waals surface area contributed by atoms with Crippen LogP contribution in [0.3, 0.4) is 0 Å². The lowest BCUT2D eigenvalue weighted by atomic mass is 9.98. The fourth-order valence-corrected chi connectivity index (χ4v) is 10.2. The van der Waals surface area contributed by atoms with Crippen LogP contribution in [0.4, 0.5) is 19.2 Å². The third-order valence-corrected chi connectivity index (χ3v) is 15.2. The Balaban J connectivity index is 0.000000344. The fraction of sp³-hybridized carbons (Fsp3) is 0.543. The predicted molar refractivity (Wildman–Crippen MR) is 358 cm³/mol. The molecule has 0 unspecified atom stereocenters. The van der Waals surface area contributed by atoms with Gasteiger partial charge in [-0.2, -0.15) is 0 Å². The van der Waals surface area contributed by atoms with Gasteiger partial charge in [0.25, 0.3) is 0 Å². The molecule has 2 aliphatic carbocycles. The van der Waals surface area contributed by atoms with Gasteiger partial charge in [-0.25, -0.2) is 19.2 Å². The minimum Gasteiger partial charge on any atom is -0.481 e. The highest BCUT2D eigenvalue weighted by molar-refractivity contribution is 5.81. The molecule has 6 rings (SSSR count). The molecule has 0 aliphatic heterocycles. The Kier molecular flexibility index (Phi) is 32.7. The molecule has 0 aromatic heterocycles. The molecule has 4 N–H and O–H groups in total. The van der Waals surface area contributed by atoms with Crippen LogP contribution in [0.5, 0.6) is 0 Å². The second kappa shape index (κ2) is 40.1. The molecule has 95 heavy (non-hydrogen) atoms. The monoisotopic (exact) mass is 1320 g/mol. The number of nitrogens with one attached hydrogen (secondary N) is 3. The normalized spacial score (nSPS) is 12.1. The zero-order chi connectivity index (χ0) is 69.3. The summed E-state index contributed by atoms with van der Waals surface area (Å²) in [4.78, 5) is 106. The lowest BCUT2D eigenvalue weighted by molar-refractivity contribution is -0.138. The SMILES string of the molecule is CN(CCN(CCN(C)C(=O)OC(C)(C)C)C(=O)CCOCCNC(=O)OCC1c2ccccc2-c2ccccc21)C(=O)OC(C)(C)C.CNCCN(CCN(C)C(=O)CCOCCOCCC(=O)O)C(=O)CCOCCNC(=O)OCC1c2ccccc2-c2ccccc21. The molecule has 0 atom stereocenters. The first-order chi connectivity index (χ1) is 45.4. The molecule has 0 saturated heterocycles. The zero-order valence-corrected chi connectivity index (χ0v) is 57.1. The summed E-state index contributed by atoms with van der Waals surface area (Å²) < 4.78 is 43.7. The maximum Gasteiger partial charge on any atom is 0.410 e. The largest absolute Gasteiger partial charge is 0.481 e. The number of hydrogen-bond donors (Lipinski definition) is 4. The van der Waals surface area contributed by atoms with E-state index in [0.717, 1.165) is 33.4 Å². The molecule has 0 heterocycles. The highest BCUT2D eigenvalue weighted by Crippen LogP contribution is 2.45. The number of fused-ring (bicyclic) bond motifs is 6. The molecule has 0 saturated carbocycles. The molecule has 4 aromatic rings. The molecular formula is C70H100N8O17. The molecule has 25 nitrogen and oxygen atoms in total. The Morgan fingerprint density at radius 2 is 0.737 bits per heavy atom. The van der Waals surface area contributed by atoms with Crippen LogP contribution in [0.1, 0.15) is 101 Å². The summed E-state index contributed by atoms with van der Waals surface area (Å²) in [5, 5.41) is 17.0. The quantitative estimate of drug-likeness (QED) is 0.0247. The fourth-order valence-electron chi connectivity index (χ4n) is 10.2. The molecule has 25 heteroatoms. The van der Waals surface area contributed by atoms with E-state index in [2.05, 4.69) is 64.5 Å². The van der Waals surface area contributed by atoms with Gasteiger partial charge in [0.1, 0.15) is 24.4 Å². The van der Waals surface area contributed by atoms with Crippen molar-refractivity contribution >= 4 is 48.1 Å². The van der Waals surface area contributed by atoms with Crippen LogP contribution in [-0.2, 0) is 57.1 Å². The van der Waals surface area contributed by atoms with Gasteiger partial charge in [-0.15, -0.1) is 0 Å². The molecule has 0 spiro atoms. The van der Waals surface area contributed by atoms with Crippen LogP contribution in [0.2, 0.25) is 0 Å². The minimum absolute atomic E-state index is 0.0112. The number of carbonyl (C=O) groups excluding carboxylic acids is 7. The van der Waals surface area contributed by atoms with E-state index >= 15 is 0 Å². The van der Waals surface area contributed by atoms with Gasteiger partial charge in [0.2, 0.25) is 17.7 Å². The Bertz CT molecular complexity index is 2970. The van der Waals surface area contributed by atoms with E-state index in [1.165, 1.54) is 20.9 Å². The summed E-state index contributed by atoms with van der Waals surface area (Å²) in [5.74, 6) is -1.35. The topological polar surface area (TPSA) is 283 Å². The van der Waals surface area contributed by atoms with Crippen molar-refractivity contribution in [1.82, 2.24) is 40.4 Å². The number of rotatable bonds is 37. The number of hydrogen-bond acceptors (Lipinski definition) is 17. The number of aliphatic carboxylic acids is 1. The van der Waals surface area contributed by atoms with Crippen molar-refractivity contribution in [2.45, 2.75) is 90.3 Å². The van der Waals surface area contributed by atoms with Crippen molar-refractivity contribution in [3.8, 4) is 22.3 Å². The van der Waals surface area contributed by atoms with E-state index in [9.17, 15) is 38.4 Å². The van der Waals surface area contributed by atoms with Gasteiger partial charge in [0.05, 0.1) is 78.5 Å². The number of alkyl carbamates (subject to hydrolysis) is 2. The lowest BCUT2D eigenvalue weighted by Gasteiger charge is -2.30. The highest BCUT2D eigenvalue weighted by atomic mass is 16.6. The molecule has 0 bridgehead atoms. The summed E-state index contributed by atoms with van der Waals surface area (Å²) >= 11 is 0. The maximum atomic E-state index is 13.2. The van der Waals surface area contributed by atoms with Gasteiger partial charge in [-0.05, 0) is 93.1 Å². The summed E-state index contributed by atoms with van der Waals surface area (Å²) in [6, 6.07) is 32.6. The van der Waals surface area contributed by atoms with Gasteiger partial charge in [0, 0.05) is 98.4 Å². The van der Waals surface area contributed by atoms with Crippen LogP contribution < -0.4 is 16.0 Å². The standard InChI is InChI=1S/C36H52N4O8.C34H48N4O9/c1-35(2,3)47-33(43)38(7)19-21-40(22-20-39(8)34(44)48-36(4,5)6)31(41)17-23-45-24-18-37-32(42)46-25-30-28-15-11-9-13-26(28)27-14-10-12-16-29(27)30;1-35-14-16-38(18-17-37(2)31(39)11-19-45-23-24-46-21-13-33(41)42)32(40)12-20-44-22-15-36-34(43)47-25-30-28-9-5-3-7-26(28)27-8-4-6-10-29(27)30/h9-16,30H,17-25H2,1-8H3,(H,37,42);3-10,30,35H,11-25H2,1-2H3,(H,36,43)(H,41,42). The van der Waals surface area contributed by atoms with E-state index in [4.69, 9.17) is 43.0 Å². The van der Waals surface area contributed by atoms with E-state index < -0.39 is 41.5 Å². The van der Waals surface area contributed by atoms with Gasteiger partial charge in [-0.3, -0.25) is 19.2 Å². The first-order valence-corrected chi connectivity index (χ1v) is 32.4. The first-order valence-electron chi connectivity index (χ1n) is 32.4. The number of carboxylic acid groups (broad SMARTS) is 1. The third kappa shape index (κ3) is 27.5. The van der Waals surface area contributed by atoms with Crippen LogP contribution in [-0.4, -0.2) is 249 Å². The smallest absolute Gasteiger partial charge is 0.410 e. The number of nitrogens with zero attached hydrogens (tertiary/aromatic N) is 5. The van der Waals surface area contributed by atoms with Crippen LogP contribution in [0.15, 0.2) is 97.1 Å². The van der Waals surface area contributed by atoms with Crippen molar-refractivity contribution < 1.29 is 81.4 Å². The molecule has 0 fully saturated rings. The Hall–Kier alpha value is -8.36. The number of ether oxygens (including phenoxy) is 8. The van der Waals surface area contributed by atoms with E-state index in [-0.39, 0.29) is 161 Å². The summed E-state index contributed by atoms with van der Waals surface area (Å²) in [5.41, 5.74) is 7.95. The van der Waals surface area contributed by atoms with Crippen molar-refractivity contribution in [3.63, 3.8) is 0 Å². The van der Waals surface area contributed by atoms with Crippen molar-refractivity contribution in [2.24, 2.45) is 0 Å². The Morgan fingerprint density at radius 1 is 0.411 bits per heavy atom. The lowest BCUT2D eigenvalue weighted by Crippen LogP contribution is -2.45. The first kappa shape index (κ1) is 77.3. The Labute approximate surface area is 559 Å². The third-order valence-electron chi connectivity index (χ3n) is 15.2. The van der Waals surface area contributed by atoms with Gasteiger partial charge >= 0.3 is 30.3 Å². The number of amides is 7. The molecule has 522 valence electrons. The number of carboxylic acids is 1. The summed E-state index contributed by atoms with van der Waals surface area (Å²) in [6.07, 6.45) is -1.66. The van der Waals surface area contributed by atoms with Crippen LogP contribution >= 0.6 is 0 Å².